The van der Waals surface area contributed by atoms with E-state index in [-0.39, 0.29) is 5.91 Å². The molecule has 0 saturated heterocycles. The molecule has 0 bridgehead atoms. The van der Waals surface area contributed by atoms with Crippen LogP contribution in [0.2, 0.25) is 0 Å². The summed E-state index contributed by atoms with van der Waals surface area (Å²) >= 11 is 0. The van der Waals surface area contributed by atoms with Crippen molar-refractivity contribution in [1.82, 2.24) is 24.5 Å². The average molecular weight is 287 g/mol. The number of aryl methyl sites for hydroxylation is 2. The molecule has 0 aromatic carbocycles. The zero-order valence-corrected chi connectivity index (χ0v) is 12.9. The van der Waals surface area contributed by atoms with E-state index in [1.165, 1.54) is 0 Å². The fraction of sp³-hybridized carbons (Fsp3) is 0.400. The molecular formula is C15H21N5O. The molecule has 21 heavy (non-hydrogen) atoms. The minimum absolute atomic E-state index is 0.0418. The summed E-state index contributed by atoms with van der Waals surface area (Å²) in [6.07, 6.45) is 6.91. The van der Waals surface area contributed by atoms with Gasteiger partial charge in [0.1, 0.15) is 0 Å². The standard InChI is InChI=1S/C15H21N5O/c1-5-20-12(2)13(10-17-20)6-7-15(21)18(3)11-14-8-9-16-19(14)4/h6-10H,5,11H2,1-4H3/b7-6+. The Morgan fingerprint density at radius 1 is 1.43 bits per heavy atom. The predicted octanol–water partition coefficient (Wildman–Crippen LogP) is 1.62. The van der Waals surface area contributed by atoms with Crippen LogP contribution in [0.5, 0.6) is 0 Å². The van der Waals surface area contributed by atoms with E-state index in [0.29, 0.717) is 6.54 Å². The molecule has 2 heterocycles. The Bertz CT molecular complexity index is 653. The van der Waals surface area contributed by atoms with E-state index < -0.39 is 0 Å². The zero-order chi connectivity index (χ0) is 15.4. The van der Waals surface area contributed by atoms with Gasteiger partial charge in [-0.05, 0) is 26.0 Å². The van der Waals surface area contributed by atoms with Gasteiger partial charge in [-0.2, -0.15) is 10.2 Å². The van der Waals surface area contributed by atoms with Gasteiger partial charge in [-0.25, -0.2) is 0 Å². The highest BCUT2D eigenvalue weighted by molar-refractivity contribution is 5.91. The van der Waals surface area contributed by atoms with Gasteiger partial charge < -0.3 is 4.90 Å². The Morgan fingerprint density at radius 3 is 2.76 bits per heavy atom. The monoisotopic (exact) mass is 287 g/mol. The van der Waals surface area contributed by atoms with Gasteiger partial charge in [-0.3, -0.25) is 14.2 Å². The highest BCUT2D eigenvalue weighted by Crippen LogP contribution is 2.10. The molecule has 6 heteroatoms. The van der Waals surface area contributed by atoms with Crippen molar-refractivity contribution in [2.75, 3.05) is 7.05 Å². The van der Waals surface area contributed by atoms with Crippen molar-refractivity contribution >= 4 is 12.0 Å². The smallest absolute Gasteiger partial charge is 0.246 e. The van der Waals surface area contributed by atoms with Gasteiger partial charge in [0.05, 0.1) is 18.4 Å². The molecule has 0 unspecified atom stereocenters. The predicted molar refractivity (Wildman–Crippen MR) is 81.4 cm³/mol. The maximum absolute atomic E-state index is 12.1. The van der Waals surface area contributed by atoms with E-state index >= 15 is 0 Å². The van der Waals surface area contributed by atoms with Gasteiger partial charge in [0.2, 0.25) is 5.91 Å². The van der Waals surface area contributed by atoms with E-state index in [1.54, 1.807) is 35.1 Å². The van der Waals surface area contributed by atoms with Gasteiger partial charge in [0.25, 0.3) is 0 Å². The highest BCUT2D eigenvalue weighted by atomic mass is 16.2. The van der Waals surface area contributed by atoms with Gasteiger partial charge in [-0.15, -0.1) is 0 Å². The van der Waals surface area contributed by atoms with Crippen molar-refractivity contribution in [3.8, 4) is 0 Å². The Morgan fingerprint density at radius 2 is 2.19 bits per heavy atom. The van der Waals surface area contributed by atoms with Crippen LogP contribution in [0.4, 0.5) is 0 Å². The Hall–Kier alpha value is -2.37. The number of hydrogen-bond acceptors (Lipinski definition) is 3. The van der Waals surface area contributed by atoms with Crippen molar-refractivity contribution in [3.05, 3.63) is 41.5 Å². The first-order valence-corrected chi connectivity index (χ1v) is 6.95. The number of amides is 1. The first-order chi connectivity index (χ1) is 10.0. The molecule has 1 amide bonds. The quantitative estimate of drug-likeness (QED) is 0.785. The normalized spacial score (nSPS) is 11.2. The average Bonchev–Trinajstić information content (AvgIpc) is 3.02. The van der Waals surface area contributed by atoms with Crippen LogP contribution in [0.25, 0.3) is 6.08 Å². The molecule has 0 N–H and O–H groups in total. The van der Waals surface area contributed by atoms with E-state index in [2.05, 4.69) is 10.2 Å². The Kier molecular flexibility index (Phi) is 4.57. The number of aromatic nitrogens is 4. The second-order valence-corrected chi connectivity index (χ2v) is 4.97. The minimum Gasteiger partial charge on any atom is -0.336 e. The summed E-state index contributed by atoms with van der Waals surface area (Å²) in [5, 5.41) is 8.35. The highest BCUT2D eigenvalue weighted by Gasteiger charge is 2.09. The molecule has 0 aliphatic carbocycles. The molecular weight excluding hydrogens is 266 g/mol. The molecule has 0 fully saturated rings. The summed E-state index contributed by atoms with van der Waals surface area (Å²) in [7, 11) is 3.65. The summed E-state index contributed by atoms with van der Waals surface area (Å²) in [5.41, 5.74) is 3.03. The van der Waals surface area contributed by atoms with E-state index in [0.717, 1.165) is 23.5 Å². The summed E-state index contributed by atoms with van der Waals surface area (Å²) < 4.78 is 3.67. The van der Waals surface area contributed by atoms with Crippen LogP contribution in [0.1, 0.15) is 23.9 Å². The second kappa shape index (κ2) is 6.39. The third kappa shape index (κ3) is 3.39. The minimum atomic E-state index is -0.0418. The molecule has 0 aliphatic rings. The zero-order valence-electron chi connectivity index (χ0n) is 12.9. The van der Waals surface area contributed by atoms with Crippen LogP contribution in [0.15, 0.2) is 24.5 Å². The summed E-state index contributed by atoms with van der Waals surface area (Å²) in [5.74, 6) is -0.0418. The number of carbonyl (C=O) groups is 1. The molecule has 0 saturated carbocycles. The molecule has 2 aromatic heterocycles. The number of hydrogen-bond donors (Lipinski definition) is 0. The van der Waals surface area contributed by atoms with Crippen LogP contribution >= 0.6 is 0 Å². The van der Waals surface area contributed by atoms with Crippen LogP contribution in [-0.2, 0) is 24.9 Å². The largest absolute Gasteiger partial charge is 0.336 e. The third-order valence-electron chi connectivity index (χ3n) is 3.54. The molecule has 0 atom stereocenters. The Labute approximate surface area is 124 Å². The van der Waals surface area contributed by atoms with Crippen molar-refractivity contribution < 1.29 is 4.79 Å². The molecule has 2 rings (SSSR count). The first kappa shape index (κ1) is 15.0. The van der Waals surface area contributed by atoms with Gasteiger partial charge in [0, 0.05) is 44.2 Å². The van der Waals surface area contributed by atoms with Gasteiger partial charge >= 0.3 is 0 Å². The molecule has 0 radical (unpaired) electrons. The number of likely N-dealkylation sites (N-methyl/N-ethyl adjacent to an activating group) is 1. The van der Waals surface area contributed by atoms with Crippen LogP contribution in [0, 0.1) is 6.92 Å². The van der Waals surface area contributed by atoms with E-state index in [9.17, 15) is 4.79 Å². The van der Waals surface area contributed by atoms with E-state index in [1.807, 2.05) is 37.7 Å². The lowest BCUT2D eigenvalue weighted by Crippen LogP contribution is -2.25. The first-order valence-electron chi connectivity index (χ1n) is 6.95. The van der Waals surface area contributed by atoms with Crippen LogP contribution in [0.3, 0.4) is 0 Å². The molecule has 112 valence electrons. The SMILES string of the molecule is CCn1ncc(/C=C/C(=O)N(C)Cc2ccnn2C)c1C. The Balaban J connectivity index is 2.01. The molecule has 2 aromatic rings. The summed E-state index contributed by atoms with van der Waals surface area (Å²) in [4.78, 5) is 13.8. The lowest BCUT2D eigenvalue weighted by Gasteiger charge is -2.14. The summed E-state index contributed by atoms with van der Waals surface area (Å²) in [6, 6.07) is 1.91. The molecule has 6 nitrogen and oxygen atoms in total. The van der Waals surface area contributed by atoms with E-state index in [4.69, 9.17) is 0 Å². The van der Waals surface area contributed by atoms with Crippen molar-refractivity contribution in [2.45, 2.75) is 26.9 Å². The lowest BCUT2D eigenvalue weighted by molar-refractivity contribution is -0.125. The molecule has 0 spiro atoms. The second-order valence-electron chi connectivity index (χ2n) is 4.97. The maximum Gasteiger partial charge on any atom is 0.246 e. The van der Waals surface area contributed by atoms with Crippen LogP contribution < -0.4 is 0 Å². The summed E-state index contributed by atoms with van der Waals surface area (Å²) in [6.45, 7) is 5.40. The topological polar surface area (TPSA) is 56.0 Å². The number of rotatable bonds is 5. The van der Waals surface area contributed by atoms with Crippen molar-refractivity contribution in [1.29, 1.82) is 0 Å². The van der Waals surface area contributed by atoms with Crippen LogP contribution in [-0.4, -0.2) is 37.4 Å². The van der Waals surface area contributed by atoms with Crippen molar-refractivity contribution in [2.24, 2.45) is 7.05 Å². The van der Waals surface area contributed by atoms with Gasteiger partial charge in [-0.1, -0.05) is 0 Å². The number of nitrogens with zero attached hydrogens (tertiary/aromatic N) is 5. The maximum atomic E-state index is 12.1. The number of carbonyl (C=O) groups excluding carboxylic acids is 1. The molecule has 0 aliphatic heterocycles. The third-order valence-corrected chi connectivity index (χ3v) is 3.54. The van der Waals surface area contributed by atoms with Crippen molar-refractivity contribution in [3.63, 3.8) is 0 Å². The fourth-order valence-electron chi connectivity index (χ4n) is 2.11. The van der Waals surface area contributed by atoms with Gasteiger partial charge in [0.15, 0.2) is 0 Å². The lowest BCUT2D eigenvalue weighted by atomic mass is 10.2. The fourth-order valence-corrected chi connectivity index (χ4v) is 2.11.